The minimum absolute atomic E-state index is 0. The molecule has 0 bridgehead atoms. The smallest absolute Gasteiger partial charge is 0.358 e. The second-order valence-corrected chi connectivity index (χ2v) is 18.3. The van der Waals surface area contributed by atoms with Gasteiger partial charge in [-0.1, -0.05) is 88.5 Å². The van der Waals surface area contributed by atoms with Gasteiger partial charge in [0.2, 0.25) is 5.24 Å². The van der Waals surface area contributed by atoms with Crippen LogP contribution in [0, 0.1) is 30.4 Å². The van der Waals surface area contributed by atoms with Crippen LogP contribution in [0.3, 0.4) is 0 Å². The summed E-state index contributed by atoms with van der Waals surface area (Å²) in [6.07, 6.45) is 21.4. The molecule has 3 aromatic carbocycles. The Hall–Kier alpha value is -8.82. The fourth-order valence-corrected chi connectivity index (χ4v) is 6.30. The molecule has 1 aliphatic rings. The number of hydrogen-bond donors (Lipinski definition) is 3. The average molecular weight is 1640 g/mol. The Labute approximate surface area is 575 Å². The van der Waals surface area contributed by atoms with Crippen LogP contribution in [-0.4, -0.2) is 98.2 Å². The topological polar surface area (TPSA) is 219 Å². The summed E-state index contributed by atoms with van der Waals surface area (Å²) >= 11 is 14.4. The number of rotatable bonds is 12. The van der Waals surface area contributed by atoms with Gasteiger partial charge in [0.05, 0.1) is 5.34 Å². The van der Waals surface area contributed by atoms with Gasteiger partial charge < -0.3 is 39.9 Å². The first kappa shape index (κ1) is 82.2. The molecule has 6 heterocycles. The normalized spacial score (nSPS) is 9.70. The largest absolute Gasteiger partial charge is 0.505 e. The van der Waals surface area contributed by atoms with E-state index in [0.29, 0.717) is 5.57 Å². The van der Waals surface area contributed by atoms with Crippen LogP contribution in [0.25, 0.3) is 39.3 Å². The number of aromatic hydroxyl groups is 1. The predicted octanol–water partition coefficient (Wildman–Crippen LogP) is 15.7. The number of carbonyl (C=O) groups is 4. The molecule has 476 valence electrons. The van der Waals surface area contributed by atoms with Crippen molar-refractivity contribution < 1.29 is 79.4 Å². The van der Waals surface area contributed by atoms with Gasteiger partial charge in [0, 0.05) is 106 Å². The number of halogens is 3. The number of ether oxygens (including phenoxy) is 1. The van der Waals surface area contributed by atoms with E-state index in [-0.39, 0.29) is 74.0 Å². The summed E-state index contributed by atoms with van der Waals surface area (Å²) in [7, 11) is 0. The summed E-state index contributed by atoms with van der Waals surface area (Å²) in [6.45, 7) is 19.8. The Balaban J connectivity index is 0.00000102. The van der Waals surface area contributed by atoms with Crippen molar-refractivity contribution in [3.63, 3.8) is 0 Å². The molecule has 20 heteroatoms. The van der Waals surface area contributed by atoms with Crippen molar-refractivity contribution in [3.05, 3.63) is 297 Å². The molecule has 9 aromatic rings. The van der Waals surface area contributed by atoms with Crippen LogP contribution in [0.5, 0.6) is 11.5 Å². The zero-order valence-corrected chi connectivity index (χ0v) is 57.5. The fraction of sp³-hybridized carbons (Fsp3) is 0.127. The van der Waals surface area contributed by atoms with E-state index >= 15 is 0 Å². The van der Waals surface area contributed by atoms with Crippen LogP contribution >= 0.6 is 34.8 Å². The van der Waals surface area contributed by atoms with Crippen molar-refractivity contribution in [2.45, 2.75) is 34.6 Å². The summed E-state index contributed by atoms with van der Waals surface area (Å²) in [4.78, 5) is 68.1. The van der Waals surface area contributed by atoms with Crippen LogP contribution in [0.2, 0.25) is 0 Å². The molecular weight excluding hydrogens is 1570 g/mol. The van der Waals surface area contributed by atoms with Crippen molar-refractivity contribution >= 4 is 63.5 Å². The van der Waals surface area contributed by atoms with Crippen molar-refractivity contribution in [3.8, 4) is 45.3 Å². The van der Waals surface area contributed by atoms with Gasteiger partial charge in [0.15, 0.2) is 17.1 Å². The first-order valence-corrected chi connectivity index (χ1v) is 28.5. The van der Waals surface area contributed by atoms with Crippen LogP contribution < -0.4 is 4.74 Å². The number of esters is 1. The zero-order valence-electron chi connectivity index (χ0n) is 50.4. The number of carboxylic acids is 2. The molecule has 1 aliphatic carbocycles. The van der Waals surface area contributed by atoms with Gasteiger partial charge in [-0.25, -0.2) is 24.4 Å². The average Bonchev–Trinajstić information content (AvgIpc) is 3.31. The van der Waals surface area contributed by atoms with Crippen LogP contribution in [0.4, 0.5) is 0 Å². The second kappa shape index (κ2) is 51.0. The predicted molar refractivity (Wildman–Crippen MR) is 354 cm³/mol. The number of allylic oxidation sites excluding steroid dienone is 7. The molecule has 10 rings (SSSR count). The summed E-state index contributed by atoms with van der Waals surface area (Å²) in [5.41, 5.74) is 7.91. The number of pyridine rings is 6. The molecule has 6 aromatic heterocycles. The van der Waals surface area contributed by atoms with Crippen LogP contribution in [0.15, 0.2) is 250 Å². The molecule has 0 unspecified atom stereocenters. The van der Waals surface area contributed by atoms with Crippen molar-refractivity contribution in [1.29, 1.82) is 0 Å². The number of hydrogen-bond acceptors (Lipinski definition) is 13. The van der Waals surface area contributed by atoms with Crippen LogP contribution in [-0.2, 0) is 49.8 Å². The molecule has 0 spiro atoms. The Morgan fingerprint density at radius 2 is 0.890 bits per heavy atom. The maximum absolute atomic E-state index is 11.1. The molecular formula is C71H67Cl3Ir2N7O8-3. The summed E-state index contributed by atoms with van der Waals surface area (Å²) in [6, 6.07) is 61.8. The minimum Gasteiger partial charge on any atom is -0.505 e. The maximum Gasteiger partial charge on any atom is 0.358 e. The molecule has 15 nitrogen and oxygen atoms in total. The molecule has 0 amide bonds. The fourth-order valence-electron chi connectivity index (χ4n) is 6.30. The van der Waals surface area contributed by atoms with E-state index in [0.717, 1.165) is 45.0 Å². The summed E-state index contributed by atoms with van der Waals surface area (Å²) in [5.74, 6) is -3.54. The third-order valence-corrected chi connectivity index (χ3v) is 11.0. The van der Waals surface area contributed by atoms with Gasteiger partial charge in [-0.15, -0.1) is 131 Å². The van der Waals surface area contributed by atoms with Crippen molar-refractivity contribution in [2.75, 3.05) is 25.0 Å². The molecule has 0 atom stereocenters. The van der Waals surface area contributed by atoms with Crippen LogP contribution in [0.1, 0.15) is 61.3 Å². The third-order valence-electron chi connectivity index (χ3n) is 10.7. The number of carbonyl (C=O) groups excluding carboxylic acids is 2. The molecule has 0 saturated carbocycles. The van der Waals surface area contributed by atoms with E-state index in [9.17, 15) is 19.2 Å². The maximum atomic E-state index is 11.1. The first-order valence-electron chi connectivity index (χ1n) is 27.1. The van der Waals surface area contributed by atoms with Crippen molar-refractivity contribution in [2.24, 2.45) is 0 Å². The van der Waals surface area contributed by atoms with Gasteiger partial charge in [0.1, 0.15) is 5.75 Å². The van der Waals surface area contributed by atoms with Crippen molar-refractivity contribution in [1.82, 2.24) is 34.8 Å². The van der Waals surface area contributed by atoms with E-state index < -0.39 is 23.2 Å². The number of alkyl halides is 2. The standard InChI is InChI=1S/3C11H8N.C11H7N.C10H9NO4.C6H5NO3.C6H15N.C4H5ClO.CH2Cl2.2Ir/c4*1-2-6-10(7-3-1)11-8-4-5-9-12-11;1-6(2)10(14)15-7-4-3-5-11-8(7)9(12)13;8-4-2-1-3-7-5(4)6(9)10;1-4-7(5-2)6-3;1-3(2)4(5)6;2-1-3;;/h3*1-6,8-9H;1-2,4-5,7-9H;3-5H,1H2,2H3,(H,12,13);1-3,8H,(H,9,10);4-6H2,1-3H3;1H2,2H3;1H2;;/q3*-1;;;;;;;;. The third kappa shape index (κ3) is 35.8. The van der Waals surface area contributed by atoms with E-state index in [2.05, 4.69) is 99.1 Å². The summed E-state index contributed by atoms with van der Waals surface area (Å²) < 4.78 is 4.79. The first-order chi connectivity index (χ1) is 43.0. The second-order valence-electron chi connectivity index (χ2n) is 17.2. The number of benzene rings is 3. The molecule has 3 N–H and O–H groups in total. The van der Waals surface area contributed by atoms with E-state index in [1.807, 2.05) is 164 Å². The zero-order chi connectivity index (χ0) is 65.4. The van der Waals surface area contributed by atoms with Gasteiger partial charge in [-0.3, -0.25) is 9.78 Å². The molecule has 0 fully saturated rings. The Morgan fingerprint density at radius 1 is 0.527 bits per heavy atom. The summed E-state index contributed by atoms with van der Waals surface area (Å²) in [5, 5.41) is 25.7. The minimum atomic E-state index is -1.25. The molecule has 91 heavy (non-hydrogen) atoms. The number of aromatic nitrogens is 6. The number of aromatic carboxylic acids is 2. The van der Waals surface area contributed by atoms with E-state index in [4.69, 9.17) is 54.9 Å². The molecule has 0 aliphatic heterocycles. The van der Waals surface area contributed by atoms with E-state index in [1.165, 1.54) is 63.2 Å². The SMILES string of the molecule is C=C(C)C(=O)Cl.C=C(C)C(=O)Oc1cccnc1C(=O)O.CCN(CC)CC.ClCCl.O=C(O)c1ncccc1O.[C+]1=CC(c2ccccn2)=[C-]C=C1.[Ir].[Ir].[c-]1ccccc1-c1ccccn1.[c-]1ccccc1-c1ccccn1.[c-]1ccccc1-c1ccccn1. The Bertz CT molecular complexity index is 3260. The van der Waals surface area contributed by atoms with Gasteiger partial charge in [-0.05, 0) is 128 Å². The number of nitrogens with zero attached hydrogens (tertiary/aromatic N) is 7. The van der Waals surface area contributed by atoms with E-state index in [1.54, 1.807) is 31.7 Å². The Kier molecular flexibility index (Phi) is 46.0. The van der Waals surface area contributed by atoms with Gasteiger partial charge in [0.25, 0.3) is 0 Å². The Morgan fingerprint density at radius 3 is 1.16 bits per heavy atom. The van der Waals surface area contributed by atoms with Gasteiger partial charge >= 0.3 is 17.9 Å². The quantitative estimate of drug-likeness (QED) is 0.0341. The molecule has 0 saturated heterocycles. The monoisotopic (exact) mass is 1640 g/mol. The van der Waals surface area contributed by atoms with Gasteiger partial charge in [-0.2, -0.15) is 0 Å². The molecule has 2 radical (unpaired) electrons. The number of carboxylic acid groups (broad SMARTS) is 2.